The molecule has 3 nitrogen and oxygen atoms in total. The monoisotopic (exact) mass is 254 g/mol. The molecule has 0 heterocycles. The van der Waals surface area contributed by atoms with Crippen LogP contribution in [0.1, 0.15) is 24.2 Å². The van der Waals surface area contributed by atoms with Crippen LogP contribution in [0.15, 0.2) is 29.2 Å². The minimum absolute atomic E-state index is 0.286. The third-order valence-corrected chi connectivity index (χ3v) is 2.31. The summed E-state index contributed by atoms with van der Waals surface area (Å²) in [4.78, 5) is 12.4. The van der Waals surface area contributed by atoms with Crippen molar-refractivity contribution < 1.29 is 14.3 Å². The van der Waals surface area contributed by atoms with E-state index in [2.05, 4.69) is 26.5 Å². The molecule has 0 aliphatic heterocycles. The van der Waals surface area contributed by atoms with Gasteiger partial charge in [-0.05, 0) is 30.2 Å². The Labute approximate surface area is 108 Å². The van der Waals surface area contributed by atoms with E-state index in [-0.39, 0.29) is 12.6 Å². The van der Waals surface area contributed by atoms with Gasteiger partial charge in [0.2, 0.25) is 0 Å². The van der Waals surface area contributed by atoms with Crippen molar-refractivity contribution in [2.45, 2.75) is 18.7 Å². The van der Waals surface area contributed by atoms with E-state index in [1.54, 1.807) is 24.3 Å². The predicted octanol–water partition coefficient (Wildman–Crippen LogP) is 2.80. The summed E-state index contributed by atoms with van der Waals surface area (Å²) in [6.45, 7) is 5.56. The van der Waals surface area contributed by atoms with Gasteiger partial charge in [0.1, 0.15) is 6.61 Å². The van der Waals surface area contributed by atoms with Gasteiger partial charge in [0.15, 0.2) is 0 Å². The minimum Gasteiger partial charge on any atom is -0.460 e. The molecule has 0 spiro atoms. The number of esters is 1. The van der Waals surface area contributed by atoms with Gasteiger partial charge >= 0.3 is 5.97 Å². The van der Waals surface area contributed by atoms with Gasteiger partial charge in [-0.25, -0.2) is 4.79 Å². The van der Waals surface area contributed by atoms with Gasteiger partial charge in [0.05, 0.1) is 12.2 Å². The van der Waals surface area contributed by atoms with Crippen molar-refractivity contribution in [3.63, 3.8) is 0 Å². The normalized spacial score (nSPS) is 10.6. The second kappa shape index (κ2) is 7.35. The van der Waals surface area contributed by atoms with Gasteiger partial charge in [-0.2, -0.15) is 0 Å². The molecule has 0 radical (unpaired) electrons. The van der Waals surface area contributed by atoms with Crippen molar-refractivity contribution in [3.8, 4) is 0 Å². The summed E-state index contributed by atoms with van der Waals surface area (Å²) in [5.74, 6) is 0.167. The smallest absolute Gasteiger partial charge is 0.338 e. The molecular formula is C13H18O3S. The van der Waals surface area contributed by atoms with Crippen molar-refractivity contribution in [2.24, 2.45) is 5.92 Å². The van der Waals surface area contributed by atoms with E-state index in [1.807, 2.05) is 0 Å². The van der Waals surface area contributed by atoms with E-state index < -0.39 is 0 Å². The van der Waals surface area contributed by atoms with Gasteiger partial charge in [0, 0.05) is 11.5 Å². The molecule has 0 saturated heterocycles. The molecule has 0 atom stereocenters. The Balaban J connectivity index is 2.23. The molecule has 0 aliphatic rings. The first-order chi connectivity index (χ1) is 8.09. The second-order valence-electron chi connectivity index (χ2n) is 4.15. The largest absolute Gasteiger partial charge is 0.460 e. The molecule has 1 aromatic rings. The third kappa shape index (κ3) is 5.75. The molecule has 0 aromatic heterocycles. The number of hydrogen-bond acceptors (Lipinski definition) is 4. The van der Waals surface area contributed by atoms with Crippen LogP contribution in [0.25, 0.3) is 0 Å². The standard InChI is InChI=1S/C13H18O3S/c1-10(2)9-15-7-8-16-13(14)11-3-5-12(17)6-4-11/h3-6,10,17H,7-9H2,1-2H3. The van der Waals surface area contributed by atoms with Crippen molar-refractivity contribution in [1.29, 1.82) is 0 Å². The first-order valence-electron chi connectivity index (χ1n) is 5.63. The Morgan fingerprint density at radius 2 is 1.88 bits per heavy atom. The van der Waals surface area contributed by atoms with Gasteiger partial charge in [-0.3, -0.25) is 0 Å². The average Bonchev–Trinajstić information content (AvgIpc) is 2.29. The minimum atomic E-state index is -0.327. The first-order valence-corrected chi connectivity index (χ1v) is 6.08. The maximum atomic E-state index is 11.6. The topological polar surface area (TPSA) is 35.5 Å². The van der Waals surface area contributed by atoms with Gasteiger partial charge in [-0.15, -0.1) is 12.6 Å². The summed E-state index contributed by atoms with van der Waals surface area (Å²) >= 11 is 4.15. The summed E-state index contributed by atoms with van der Waals surface area (Å²) in [6.07, 6.45) is 0. The highest BCUT2D eigenvalue weighted by Crippen LogP contribution is 2.08. The van der Waals surface area contributed by atoms with Crippen LogP contribution in [0.2, 0.25) is 0 Å². The molecule has 4 heteroatoms. The number of thiol groups is 1. The summed E-state index contributed by atoms with van der Waals surface area (Å²) < 4.78 is 10.4. The van der Waals surface area contributed by atoms with Crippen LogP contribution in [-0.4, -0.2) is 25.8 Å². The SMILES string of the molecule is CC(C)COCCOC(=O)c1ccc(S)cc1. The molecule has 17 heavy (non-hydrogen) atoms. The van der Waals surface area contributed by atoms with Crippen molar-refractivity contribution in [2.75, 3.05) is 19.8 Å². The van der Waals surface area contributed by atoms with Crippen LogP contribution < -0.4 is 0 Å². The molecule has 0 fully saturated rings. The van der Waals surface area contributed by atoms with Crippen molar-refractivity contribution in [3.05, 3.63) is 29.8 Å². The molecule has 1 aromatic carbocycles. The quantitative estimate of drug-likeness (QED) is 0.482. The highest BCUT2D eigenvalue weighted by atomic mass is 32.1. The van der Waals surface area contributed by atoms with Crippen molar-refractivity contribution in [1.82, 2.24) is 0 Å². The number of rotatable bonds is 6. The van der Waals surface area contributed by atoms with Crippen LogP contribution in [0.5, 0.6) is 0 Å². The molecule has 0 aliphatic carbocycles. The molecule has 94 valence electrons. The van der Waals surface area contributed by atoms with E-state index in [4.69, 9.17) is 9.47 Å². The Morgan fingerprint density at radius 3 is 2.47 bits per heavy atom. The van der Waals surface area contributed by atoms with Crippen LogP contribution in [0.3, 0.4) is 0 Å². The lowest BCUT2D eigenvalue weighted by molar-refractivity contribution is 0.0277. The number of hydrogen-bond donors (Lipinski definition) is 1. The van der Waals surface area contributed by atoms with E-state index in [0.717, 1.165) is 4.90 Å². The van der Waals surface area contributed by atoms with Crippen LogP contribution >= 0.6 is 12.6 Å². The third-order valence-electron chi connectivity index (χ3n) is 2.02. The van der Waals surface area contributed by atoms with Crippen LogP contribution in [-0.2, 0) is 9.47 Å². The molecule has 0 bridgehead atoms. The fraction of sp³-hybridized carbons (Fsp3) is 0.462. The van der Waals surface area contributed by atoms with E-state index in [1.165, 1.54) is 0 Å². The molecule has 1 rings (SSSR count). The zero-order valence-electron chi connectivity index (χ0n) is 10.2. The van der Waals surface area contributed by atoms with Crippen molar-refractivity contribution >= 4 is 18.6 Å². The highest BCUT2D eigenvalue weighted by molar-refractivity contribution is 7.80. The van der Waals surface area contributed by atoms with Crippen LogP contribution in [0.4, 0.5) is 0 Å². The first kappa shape index (κ1) is 14.1. The summed E-state index contributed by atoms with van der Waals surface area (Å²) in [5.41, 5.74) is 0.534. The average molecular weight is 254 g/mol. The summed E-state index contributed by atoms with van der Waals surface area (Å²) in [6, 6.07) is 6.91. The zero-order chi connectivity index (χ0) is 12.7. The van der Waals surface area contributed by atoms with E-state index in [0.29, 0.717) is 24.7 Å². The van der Waals surface area contributed by atoms with Crippen LogP contribution in [0, 0.1) is 5.92 Å². The Bertz CT molecular complexity index is 346. The maximum Gasteiger partial charge on any atom is 0.338 e. The zero-order valence-corrected chi connectivity index (χ0v) is 11.1. The van der Waals surface area contributed by atoms with E-state index in [9.17, 15) is 4.79 Å². The van der Waals surface area contributed by atoms with Gasteiger partial charge in [-0.1, -0.05) is 13.8 Å². The summed E-state index contributed by atoms with van der Waals surface area (Å²) in [5, 5.41) is 0. The van der Waals surface area contributed by atoms with Gasteiger partial charge < -0.3 is 9.47 Å². The summed E-state index contributed by atoms with van der Waals surface area (Å²) in [7, 11) is 0. The number of benzene rings is 1. The van der Waals surface area contributed by atoms with Gasteiger partial charge in [0.25, 0.3) is 0 Å². The lowest BCUT2D eigenvalue weighted by atomic mass is 10.2. The maximum absolute atomic E-state index is 11.6. The molecule has 0 amide bonds. The Kier molecular flexibility index (Phi) is 6.08. The predicted molar refractivity (Wildman–Crippen MR) is 69.6 cm³/mol. The fourth-order valence-corrected chi connectivity index (χ4v) is 1.34. The number of carbonyl (C=O) groups excluding carboxylic acids is 1. The number of ether oxygens (including phenoxy) is 2. The second-order valence-corrected chi connectivity index (χ2v) is 4.67. The molecule has 0 N–H and O–H groups in total. The Hall–Kier alpha value is -1.00. The number of carbonyl (C=O) groups is 1. The Morgan fingerprint density at radius 1 is 1.24 bits per heavy atom. The molecule has 0 saturated carbocycles. The lowest BCUT2D eigenvalue weighted by Gasteiger charge is -2.07. The lowest BCUT2D eigenvalue weighted by Crippen LogP contribution is -2.12. The highest BCUT2D eigenvalue weighted by Gasteiger charge is 2.06. The molecule has 0 unspecified atom stereocenters. The molecular weight excluding hydrogens is 236 g/mol. The van der Waals surface area contributed by atoms with E-state index >= 15 is 0 Å². The fourth-order valence-electron chi connectivity index (χ4n) is 1.19.